The number of aromatic nitrogens is 1. The molecule has 0 spiro atoms. The Kier molecular flexibility index (Phi) is 4.61. The zero-order valence-corrected chi connectivity index (χ0v) is 13.7. The Labute approximate surface area is 141 Å². The fraction of sp³-hybridized carbons (Fsp3) is 0.176. The Hall–Kier alpha value is -2.67. The van der Waals surface area contributed by atoms with E-state index in [1.807, 2.05) is 0 Å². The molecule has 0 aliphatic rings. The average Bonchev–Trinajstić information content (AvgIpc) is 3.18. The third kappa shape index (κ3) is 3.30. The van der Waals surface area contributed by atoms with Crippen molar-refractivity contribution in [3.05, 3.63) is 80.0 Å². The Bertz CT molecular complexity index is 912. The molecule has 0 aliphatic carbocycles. The van der Waals surface area contributed by atoms with E-state index in [1.54, 1.807) is 37.3 Å². The number of furan rings is 1. The molecule has 2 aromatic heterocycles. The third-order valence-electron chi connectivity index (χ3n) is 3.64. The van der Waals surface area contributed by atoms with Gasteiger partial charge < -0.3 is 9.73 Å². The van der Waals surface area contributed by atoms with E-state index < -0.39 is 0 Å². The molecule has 0 unspecified atom stereocenters. The maximum Gasteiger partial charge on any atom is 0.308 e. The predicted octanol–water partition coefficient (Wildman–Crippen LogP) is 2.93. The summed E-state index contributed by atoms with van der Waals surface area (Å²) in [6.07, 6.45) is 1.52. The van der Waals surface area contributed by atoms with E-state index in [2.05, 4.69) is 5.32 Å². The van der Waals surface area contributed by atoms with Gasteiger partial charge in [0.25, 0.3) is 5.91 Å². The Morgan fingerprint density at radius 1 is 1.29 bits per heavy atom. The normalized spacial score (nSPS) is 10.8. The van der Waals surface area contributed by atoms with Gasteiger partial charge in [0, 0.05) is 11.3 Å². The first-order chi connectivity index (χ1) is 11.6. The number of carbonyl (C=O) groups is 1. The summed E-state index contributed by atoms with van der Waals surface area (Å²) in [7, 11) is 0. The molecule has 1 amide bonds. The van der Waals surface area contributed by atoms with Crippen LogP contribution in [0.1, 0.15) is 26.7 Å². The van der Waals surface area contributed by atoms with Crippen molar-refractivity contribution in [2.75, 3.05) is 0 Å². The molecule has 0 aliphatic heterocycles. The lowest BCUT2D eigenvalue weighted by atomic mass is 10.2. The van der Waals surface area contributed by atoms with Crippen molar-refractivity contribution in [2.45, 2.75) is 20.0 Å². The topological polar surface area (TPSA) is 64.2 Å². The van der Waals surface area contributed by atoms with Crippen molar-refractivity contribution in [1.29, 1.82) is 0 Å². The van der Waals surface area contributed by atoms with Gasteiger partial charge in [0.1, 0.15) is 16.5 Å². The van der Waals surface area contributed by atoms with E-state index in [4.69, 9.17) is 4.42 Å². The largest absolute Gasteiger partial charge is 0.467 e. The summed E-state index contributed by atoms with van der Waals surface area (Å²) >= 11 is 0.854. The Morgan fingerprint density at radius 3 is 2.79 bits per heavy atom. The average molecular weight is 346 g/mol. The molecule has 0 saturated carbocycles. The van der Waals surface area contributed by atoms with E-state index in [1.165, 1.54) is 16.9 Å². The molecule has 0 atom stereocenters. The summed E-state index contributed by atoms with van der Waals surface area (Å²) in [6, 6.07) is 9.75. The Morgan fingerprint density at radius 2 is 2.08 bits per heavy atom. The minimum atomic E-state index is -0.376. The van der Waals surface area contributed by atoms with E-state index in [0.29, 0.717) is 21.9 Å². The molecule has 2 heterocycles. The molecule has 0 radical (unpaired) electrons. The van der Waals surface area contributed by atoms with Crippen molar-refractivity contribution in [2.24, 2.45) is 0 Å². The van der Waals surface area contributed by atoms with Gasteiger partial charge >= 0.3 is 4.87 Å². The first-order valence-electron chi connectivity index (χ1n) is 7.30. The second kappa shape index (κ2) is 6.84. The van der Waals surface area contributed by atoms with Crippen LogP contribution in [0.3, 0.4) is 0 Å². The highest BCUT2D eigenvalue weighted by molar-refractivity contribution is 7.11. The monoisotopic (exact) mass is 346 g/mol. The van der Waals surface area contributed by atoms with Crippen molar-refractivity contribution in [1.82, 2.24) is 9.88 Å². The third-order valence-corrected chi connectivity index (χ3v) is 4.72. The van der Waals surface area contributed by atoms with Gasteiger partial charge in [-0.25, -0.2) is 4.39 Å². The van der Waals surface area contributed by atoms with Crippen LogP contribution >= 0.6 is 11.3 Å². The van der Waals surface area contributed by atoms with Crippen LogP contribution < -0.4 is 10.2 Å². The summed E-state index contributed by atoms with van der Waals surface area (Å²) in [4.78, 5) is 24.5. The first kappa shape index (κ1) is 16.2. The smallest absolute Gasteiger partial charge is 0.308 e. The Balaban J connectivity index is 1.80. The van der Waals surface area contributed by atoms with Gasteiger partial charge in [-0.15, -0.1) is 0 Å². The number of carbonyl (C=O) groups excluding carboxylic acids is 1. The zero-order valence-electron chi connectivity index (χ0n) is 12.9. The van der Waals surface area contributed by atoms with Gasteiger partial charge in [-0.05, 0) is 25.1 Å². The number of rotatable bonds is 5. The second-order valence-corrected chi connectivity index (χ2v) is 6.18. The molecular formula is C17H15FN2O3S. The van der Waals surface area contributed by atoms with E-state index in [-0.39, 0.29) is 29.7 Å². The quantitative estimate of drug-likeness (QED) is 0.772. The molecule has 1 aromatic carbocycles. The van der Waals surface area contributed by atoms with Crippen molar-refractivity contribution in [3.8, 4) is 0 Å². The van der Waals surface area contributed by atoms with Crippen molar-refractivity contribution >= 4 is 17.2 Å². The molecule has 0 bridgehead atoms. The lowest BCUT2D eigenvalue weighted by Gasteiger charge is -2.07. The highest BCUT2D eigenvalue weighted by Gasteiger charge is 2.18. The van der Waals surface area contributed by atoms with Gasteiger partial charge in [-0.2, -0.15) is 0 Å². The minimum Gasteiger partial charge on any atom is -0.467 e. The fourth-order valence-electron chi connectivity index (χ4n) is 2.33. The number of thiazole rings is 1. The predicted molar refractivity (Wildman–Crippen MR) is 88.7 cm³/mol. The molecule has 5 nitrogen and oxygen atoms in total. The summed E-state index contributed by atoms with van der Waals surface area (Å²) in [5.74, 6) is -0.101. The molecule has 24 heavy (non-hydrogen) atoms. The highest BCUT2D eigenvalue weighted by Crippen LogP contribution is 2.15. The first-order valence-corrected chi connectivity index (χ1v) is 8.12. The zero-order chi connectivity index (χ0) is 17.1. The van der Waals surface area contributed by atoms with Gasteiger partial charge in [-0.3, -0.25) is 14.2 Å². The van der Waals surface area contributed by atoms with Crippen molar-refractivity contribution in [3.63, 3.8) is 0 Å². The van der Waals surface area contributed by atoms with Crippen LogP contribution in [0.25, 0.3) is 0 Å². The summed E-state index contributed by atoms with van der Waals surface area (Å²) in [6.45, 7) is 2.02. The van der Waals surface area contributed by atoms with Crippen molar-refractivity contribution < 1.29 is 13.6 Å². The van der Waals surface area contributed by atoms with Crippen LogP contribution in [0, 0.1) is 12.7 Å². The highest BCUT2D eigenvalue weighted by atomic mass is 32.1. The van der Waals surface area contributed by atoms with Crippen LogP contribution in [0.15, 0.2) is 51.9 Å². The molecule has 7 heteroatoms. The molecule has 1 N–H and O–H groups in total. The summed E-state index contributed by atoms with van der Waals surface area (Å²) < 4.78 is 20.3. The van der Waals surface area contributed by atoms with Crippen LogP contribution in [0.5, 0.6) is 0 Å². The second-order valence-electron chi connectivity index (χ2n) is 5.22. The standard InChI is InChI=1S/C17H15FN2O3S/c1-11-15(16(21)19-9-13-6-4-8-23-13)24-17(22)20(11)10-12-5-2-3-7-14(12)18/h2-8H,9-10H2,1H3,(H,19,21). The molecule has 3 aromatic rings. The maximum absolute atomic E-state index is 13.8. The van der Waals surface area contributed by atoms with Gasteiger partial charge in [0.2, 0.25) is 0 Å². The molecule has 0 saturated heterocycles. The van der Waals surface area contributed by atoms with Gasteiger partial charge in [-0.1, -0.05) is 29.5 Å². The van der Waals surface area contributed by atoms with Gasteiger partial charge in [0.15, 0.2) is 0 Å². The maximum atomic E-state index is 13.8. The number of amides is 1. The van der Waals surface area contributed by atoms with E-state index >= 15 is 0 Å². The lowest BCUT2D eigenvalue weighted by molar-refractivity contribution is 0.0951. The van der Waals surface area contributed by atoms with E-state index in [9.17, 15) is 14.0 Å². The van der Waals surface area contributed by atoms with E-state index in [0.717, 1.165) is 11.3 Å². The number of benzene rings is 1. The summed E-state index contributed by atoms with van der Waals surface area (Å²) in [5.41, 5.74) is 0.924. The number of nitrogens with zero attached hydrogens (tertiary/aromatic N) is 1. The number of nitrogens with one attached hydrogen (secondary N) is 1. The molecule has 0 fully saturated rings. The SMILES string of the molecule is Cc1c(C(=O)NCc2ccco2)sc(=O)n1Cc1ccccc1F. The van der Waals surface area contributed by atoms with Crippen LogP contribution in [0.4, 0.5) is 4.39 Å². The fourth-order valence-corrected chi connectivity index (χ4v) is 3.24. The van der Waals surface area contributed by atoms with Crippen LogP contribution in [0.2, 0.25) is 0 Å². The van der Waals surface area contributed by atoms with Crippen LogP contribution in [-0.2, 0) is 13.1 Å². The minimum absolute atomic E-state index is 0.0965. The number of hydrogen-bond acceptors (Lipinski definition) is 4. The number of halogens is 1. The molecule has 3 rings (SSSR count). The van der Waals surface area contributed by atoms with Gasteiger partial charge in [0.05, 0.1) is 19.4 Å². The summed E-state index contributed by atoms with van der Waals surface area (Å²) in [5, 5.41) is 2.71. The number of hydrogen-bond donors (Lipinski definition) is 1. The molecular weight excluding hydrogens is 331 g/mol. The lowest BCUT2D eigenvalue weighted by Crippen LogP contribution is -2.23. The molecule has 124 valence electrons. The van der Waals surface area contributed by atoms with Crippen LogP contribution in [-0.4, -0.2) is 10.5 Å².